The number of H-pyrrole nitrogens is 1. The highest BCUT2D eigenvalue weighted by Crippen LogP contribution is 2.38. The van der Waals surface area contributed by atoms with E-state index in [1.54, 1.807) is 12.4 Å². The molecule has 0 bridgehead atoms. The van der Waals surface area contributed by atoms with Crippen molar-refractivity contribution >= 4 is 12.2 Å². The van der Waals surface area contributed by atoms with Gasteiger partial charge < -0.3 is 0 Å². The Morgan fingerprint density at radius 1 is 1.41 bits per heavy atom. The number of nitrogens with one attached hydrogen (secondary N) is 1. The van der Waals surface area contributed by atoms with Crippen molar-refractivity contribution in [2.45, 2.75) is 32.2 Å². The van der Waals surface area contributed by atoms with Crippen molar-refractivity contribution in [3.05, 3.63) is 34.4 Å². The van der Waals surface area contributed by atoms with Crippen LogP contribution in [-0.4, -0.2) is 24.7 Å². The fraction of sp³-hybridized carbons (Fsp3) is 0.455. The molecule has 17 heavy (non-hydrogen) atoms. The highest BCUT2D eigenvalue weighted by molar-refractivity contribution is 7.71. The van der Waals surface area contributed by atoms with Gasteiger partial charge in [0.25, 0.3) is 0 Å². The number of rotatable bonds is 3. The average molecular weight is 247 g/mol. The second kappa shape index (κ2) is 4.03. The van der Waals surface area contributed by atoms with Crippen molar-refractivity contribution in [1.29, 1.82) is 0 Å². The normalized spacial score (nSPS) is 15.1. The molecule has 1 aliphatic rings. The maximum atomic E-state index is 5.24. The van der Waals surface area contributed by atoms with Gasteiger partial charge in [0, 0.05) is 12.1 Å². The van der Waals surface area contributed by atoms with Gasteiger partial charge in [-0.1, -0.05) is 0 Å². The van der Waals surface area contributed by atoms with E-state index in [0.717, 1.165) is 17.2 Å². The molecule has 2 aromatic heterocycles. The van der Waals surface area contributed by atoms with E-state index in [1.165, 1.54) is 12.8 Å². The van der Waals surface area contributed by atoms with Crippen molar-refractivity contribution in [2.75, 3.05) is 0 Å². The number of hydrogen-bond donors (Lipinski definition) is 1. The maximum absolute atomic E-state index is 5.24. The van der Waals surface area contributed by atoms with Gasteiger partial charge in [0.15, 0.2) is 4.77 Å². The highest BCUT2D eigenvalue weighted by atomic mass is 32.1. The van der Waals surface area contributed by atoms with Crippen molar-refractivity contribution in [3.63, 3.8) is 0 Å². The molecule has 0 atom stereocenters. The minimum Gasteiger partial charge on any atom is -0.298 e. The molecule has 0 unspecified atom stereocenters. The van der Waals surface area contributed by atoms with Gasteiger partial charge >= 0.3 is 0 Å². The van der Waals surface area contributed by atoms with Crippen LogP contribution in [0.5, 0.6) is 0 Å². The SMILES string of the molecule is Cc1cnc(Cn2c(C3CC3)n[nH]c2=S)cn1. The second-order valence-electron chi connectivity index (χ2n) is 4.40. The fourth-order valence-corrected chi connectivity index (χ4v) is 2.00. The van der Waals surface area contributed by atoms with Crippen molar-refractivity contribution in [2.24, 2.45) is 0 Å². The van der Waals surface area contributed by atoms with E-state index in [2.05, 4.69) is 20.2 Å². The fourth-order valence-electron chi connectivity index (χ4n) is 1.80. The van der Waals surface area contributed by atoms with Crippen LogP contribution in [0.15, 0.2) is 12.4 Å². The van der Waals surface area contributed by atoms with Gasteiger partial charge in [-0.15, -0.1) is 0 Å². The third-order valence-electron chi connectivity index (χ3n) is 2.88. The molecule has 5 nitrogen and oxygen atoms in total. The smallest absolute Gasteiger partial charge is 0.195 e. The number of aromatic amines is 1. The van der Waals surface area contributed by atoms with E-state index >= 15 is 0 Å². The van der Waals surface area contributed by atoms with Gasteiger partial charge in [-0.3, -0.25) is 19.6 Å². The van der Waals surface area contributed by atoms with Gasteiger partial charge in [-0.2, -0.15) is 5.10 Å². The summed E-state index contributed by atoms with van der Waals surface area (Å²) in [6, 6.07) is 0. The molecule has 0 spiro atoms. The molecule has 88 valence electrons. The summed E-state index contributed by atoms with van der Waals surface area (Å²) in [6.45, 7) is 2.57. The van der Waals surface area contributed by atoms with Crippen LogP contribution in [0.1, 0.15) is 36.0 Å². The molecule has 1 saturated carbocycles. The van der Waals surface area contributed by atoms with E-state index in [4.69, 9.17) is 12.2 Å². The summed E-state index contributed by atoms with van der Waals surface area (Å²) in [6.07, 6.45) is 5.98. The van der Waals surface area contributed by atoms with Crippen LogP contribution in [0.3, 0.4) is 0 Å². The lowest BCUT2D eigenvalue weighted by molar-refractivity contribution is 0.700. The van der Waals surface area contributed by atoms with Gasteiger partial charge in [-0.05, 0) is 32.0 Å². The van der Waals surface area contributed by atoms with Gasteiger partial charge in [-0.25, -0.2) is 0 Å². The summed E-state index contributed by atoms with van der Waals surface area (Å²) < 4.78 is 2.68. The van der Waals surface area contributed by atoms with Crippen molar-refractivity contribution in [1.82, 2.24) is 24.7 Å². The molecule has 0 aromatic carbocycles. The highest BCUT2D eigenvalue weighted by Gasteiger charge is 2.29. The summed E-state index contributed by atoms with van der Waals surface area (Å²) in [7, 11) is 0. The van der Waals surface area contributed by atoms with Gasteiger partial charge in [0.05, 0.1) is 24.1 Å². The Hall–Kier alpha value is -1.56. The molecular formula is C11H13N5S. The Balaban J connectivity index is 1.91. The molecular weight excluding hydrogens is 234 g/mol. The number of aromatic nitrogens is 5. The molecule has 0 amide bonds. The number of aryl methyl sites for hydroxylation is 1. The summed E-state index contributed by atoms with van der Waals surface area (Å²) in [5, 5.41) is 7.15. The zero-order valence-corrected chi connectivity index (χ0v) is 10.4. The molecule has 1 N–H and O–H groups in total. The van der Waals surface area contributed by atoms with E-state index < -0.39 is 0 Å². The van der Waals surface area contributed by atoms with Gasteiger partial charge in [0.1, 0.15) is 5.82 Å². The zero-order valence-electron chi connectivity index (χ0n) is 9.55. The van der Waals surface area contributed by atoms with Crippen LogP contribution < -0.4 is 0 Å². The van der Waals surface area contributed by atoms with Crippen LogP contribution >= 0.6 is 12.2 Å². The lowest BCUT2D eigenvalue weighted by Crippen LogP contribution is -2.06. The monoisotopic (exact) mass is 247 g/mol. The summed E-state index contributed by atoms with van der Waals surface area (Å²) in [5.74, 6) is 1.62. The summed E-state index contributed by atoms with van der Waals surface area (Å²) in [4.78, 5) is 8.58. The van der Waals surface area contributed by atoms with Crippen molar-refractivity contribution in [3.8, 4) is 0 Å². The molecule has 0 aliphatic heterocycles. The van der Waals surface area contributed by atoms with Crippen molar-refractivity contribution < 1.29 is 0 Å². The first-order chi connectivity index (χ1) is 8.24. The quantitative estimate of drug-likeness (QED) is 0.842. The Labute approximate surface area is 104 Å². The molecule has 1 aliphatic carbocycles. The van der Waals surface area contributed by atoms with Crippen LogP contribution in [-0.2, 0) is 6.54 Å². The predicted octanol–water partition coefficient (Wildman–Crippen LogP) is 1.96. The first-order valence-electron chi connectivity index (χ1n) is 5.66. The third-order valence-corrected chi connectivity index (χ3v) is 3.20. The van der Waals surface area contributed by atoms with Crippen LogP contribution in [0.4, 0.5) is 0 Å². The van der Waals surface area contributed by atoms with E-state index in [9.17, 15) is 0 Å². The Morgan fingerprint density at radius 2 is 2.24 bits per heavy atom. The third kappa shape index (κ3) is 2.12. The van der Waals surface area contributed by atoms with Crippen LogP contribution in [0.25, 0.3) is 0 Å². The standard InChI is InChI=1S/C11H13N5S/c1-7-4-13-9(5-12-7)6-16-10(8-2-3-8)14-15-11(16)17/h4-5,8H,2-3,6H2,1H3,(H,15,17). The average Bonchev–Trinajstić information content (AvgIpc) is 3.10. The van der Waals surface area contributed by atoms with E-state index in [1.807, 2.05) is 11.5 Å². The van der Waals surface area contributed by atoms with Gasteiger partial charge in [0.2, 0.25) is 0 Å². The molecule has 2 aromatic rings. The minimum absolute atomic E-state index is 0.571. The summed E-state index contributed by atoms with van der Waals surface area (Å²) >= 11 is 5.24. The molecule has 6 heteroatoms. The first-order valence-corrected chi connectivity index (χ1v) is 6.07. The lowest BCUT2D eigenvalue weighted by Gasteiger charge is -2.05. The van der Waals surface area contributed by atoms with Crippen LogP contribution in [0.2, 0.25) is 0 Å². The molecule has 0 saturated heterocycles. The summed E-state index contributed by atoms with van der Waals surface area (Å²) in [5.41, 5.74) is 1.84. The second-order valence-corrected chi connectivity index (χ2v) is 4.78. The Bertz CT molecular complexity index is 579. The lowest BCUT2D eigenvalue weighted by atomic mass is 10.3. The Morgan fingerprint density at radius 3 is 2.88 bits per heavy atom. The maximum Gasteiger partial charge on any atom is 0.195 e. The number of nitrogens with zero attached hydrogens (tertiary/aromatic N) is 4. The van der Waals surface area contributed by atoms with Crippen LogP contribution in [0, 0.1) is 11.7 Å². The number of hydrogen-bond acceptors (Lipinski definition) is 4. The first kappa shape index (κ1) is 10.6. The zero-order chi connectivity index (χ0) is 11.8. The molecule has 3 rings (SSSR count). The Kier molecular flexibility index (Phi) is 2.51. The van der Waals surface area contributed by atoms with E-state index in [0.29, 0.717) is 17.2 Å². The minimum atomic E-state index is 0.571. The molecule has 0 radical (unpaired) electrons. The molecule has 2 heterocycles. The predicted molar refractivity (Wildman–Crippen MR) is 65.3 cm³/mol. The largest absolute Gasteiger partial charge is 0.298 e. The van der Waals surface area contributed by atoms with E-state index in [-0.39, 0.29) is 0 Å². The molecule has 1 fully saturated rings. The topological polar surface area (TPSA) is 59.4 Å².